The smallest absolute Gasteiger partial charge is 0.188 e. The van der Waals surface area contributed by atoms with Gasteiger partial charge in [0.15, 0.2) is 17.9 Å². The lowest BCUT2D eigenvalue weighted by atomic mass is 9.79. The van der Waals surface area contributed by atoms with Gasteiger partial charge in [-0.2, -0.15) is 9.13 Å². The highest BCUT2D eigenvalue weighted by Crippen LogP contribution is 2.44. The average Bonchev–Trinajstić information content (AvgIpc) is 3.42. The summed E-state index contributed by atoms with van der Waals surface area (Å²) in [5.41, 5.74) is 16.7. The Kier molecular flexibility index (Phi) is 9.35. The summed E-state index contributed by atoms with van der Waals surface area (Å²) in [5, 5.41) is 7.50. The molecule has 0 N–H and O–H groups in total. The van der Waals surface area contributed by atoms with Crippen molar-refractivity contribution in [3.8, 4) is 72.7 Å². The van der Waals surface area contributed by atoms with Crippen LogP contribution in [0.25, 0.3) is 105 Å². The normalized spacial score (nSPS) is 12.7. The van der Waals surface area contributed by atoms with Crippen LogP contribution >= 0.6 is 0 Å². The van der Waals surface area contributed by atoms with Crippen molar-refractivity contribution in [3.63, 3.8) is 0 Å². The van der Waals surface area contributed by atoms with Gasteiger partial charge in [0.2, 0.25) is 17.1 Å². The fourth-order valence-electron chi connectivity index (χ4n) is 11.0. The minimum Gasteiger partial charge on any atom is -0.188 e. The Morgan fingerprint density at radius 3 is 1.55 bits per heavy atom. The van der Waals surface area contributed by atoms with Crippen LogP contribution in [0.1, 0.15) is 32.3 Å². The number of para-hydroxylation sites is 1. The van der Waals surface area contributed by atoms with Gasteiger partial charge in [-0.3, -0.25) is 0 Å². The standard InChI is InChI=1S/C63H48N2/c1-3-63(4-2)59-34-33-48(42-58(59)61-32-13-14-36-64(61)60-31-12-11-28-57(60)62-56-27-10-7-20-45(56)35-37-65(62)63)46-23-15-24-47(38-46)49-39-50(54-29-16-21-43-18-5-8-25-52(43)54)41-51(40-49)55-30-17-22-44-19-6-9-26-53(44)55/h5-42H,3-4H2,1-2H3/q+2. The van der Waals surface area contributed by atoms with Gasteiger partial charge in [-0.25, -0.2) is 0 Å². The van der Waals surface area contributed by atoms with E-state index in [2.05, 4.69) is 254 Å². The fourth-order valence-corrected chi connectivity index (χ4v) is 11.0. The minimum absolute atomic E-state index is 0.319. The third-order valence-electron chi connectivity index (χ3n) is 14.2. The molecule has 0 saturated carbocycles. The van der Waals surface area contributed by atoms with Crippen LogP contribution in [0.3, 0.4) is 0 Å². The number of benzene rings is 9. The molecule has 0 fully saturated rings. The maximum absolute atomic E-state index is 2.61. The van der Waals surface area contributed by atoms with E-state index in [0.717, 1.165) is 12.8 Å². The number of fused-ring (bicyclic) bond motifs is 11. The van der Waals surface area contributed by atoms with Crippen molar-refractivity contribution in [1.29, 1.82) is 0 Å². The van der Waals surface area contributed by atoms with Crippen LogP contribution in [0.4, 0.5) is 0 Å². The summed E-state index contributed by atoms with van der Waals surface area (Å²) in [4.78, 5) is 0. The fraction of sp³-hybridized carbons (Fsp3) is 0.0794. The first-order valence-electron chi connectivity index (χ1n) is 23.0. The molecule has 308 valence electrons. The SMILES string of the molecule is CCC1(CC)c2ccc(-c3cccc(-c4cc(-c5cccc6ccccc56)cc(-c5cccc6ccccc56)c4)c3)cc2-c2cccc[n+]2-c2ccccc2-c2c3ccccc3cc[n+]21. The highest BCUT2D eigenvalue weighted by molar-refractivity contribution is 6.02. The zero-order valence-electron chi connectivity index (χ0n) is 36.7. The number of nitrogens with zero attached hydrogens (tertiary/aromatic N) is 2. The Bertz CT molecular complexity index is 3540. The molecular formula is C63H48N2+2. The van der Waals surface area contributed by atoms with E-state index in [4.69, 9.17) is 0 Å². The topological polar surface area (TPSA) is 7.76 Å². The van der Waals surface area contributed by atoms with Crippen LogP contribution in [0.15, 0.2) is 231 Å². The van der Waals surface area contributed by atoms with Crippen molar-refractivity contribution in [1.82, 2.24) is 0 Å². The summed E-state index contributed by atoms with van der Waals surface area (Å²) in [6.07, 6.45) is 6.45. The van der Waals surface area contributed by atoms with Crippen molar-refractivity contribution < 1.29 is 9.13 Å². The zero-order chi connectivity index (χ0) is 43.5. The van der Waals surface area contributed by atoms with Crippen LogP contribution in [0, 0.1) is 0 Å². The molecular weight excluding hydrogens is 785 g/mol. The lowest BCUT2D eigenvalue weighted by Gasteiger charge is -2.30. The summed E-state index contributed by atoms with van der Waals surface area (Å²) in [5.74, 6) is 0. The Morgan fingerprint density at radius 2 is 0.862 bits per heavy atom. The van der Waals surface area contributed by atoms with E-state index in [0.29, 0.717) is 0 Å². The molecule has 11 aromatic rings. The van der Waals surface area contributed by atoms with Gasteiger partial charge in [0.25, 0.3) is 0 Å². The van der Waals surface area contributed by atoms with E-state index >= 15 is 0 Å². The molecule has 12 rings (SSSR count). The van der Waals surface area contributed by atoms with Crippen LogP contribution in [-0.4, -0.2) is 0 Å². The van der Waals surface area contributed by atoms with Crippen molar-refractivity contribution in [3.05, 3.63) is 236 Å². The van der Waals surface area contributed by atoms with Gasteiger partial charge in [-0.1, -0.05) is 159 Å². The lowest BCUT2D eigenvalue weighted by Crippen LogP contribution is -2.57. The van der Waals surface area contributed by atoms with Crippen molar-refractivity contribution in [2.45, 2.75) is 32.2 Å². The number of rotatable bonds is 6. The second kappa shape index (κ2) is 15.7. The second-order valence-electron chi connectivity index (χ2n) is 17.5. The third kappa shape index (κ3) is 6.32. The second-order valence-corrected chi connectivity index (χ2v) is 17.5. The van der Waals surface area contributed by atoms with Crippen LogP contribution < -0.4 is 9.13 Å². The van der Waals surface area contributed by atoms with Gasteiger partial charge < -0.3 is 0 Å². The number of aromatic nitrogens is 2. The van der Waals surface area contributed by atoms with Gasteiger partial charge in [-0.05, 0) is 120 Å². The zero-order valence-corrected chi connectivity index (χ0v) is 36.7. The van der Waals surface area contributed by atoms with E-state index in [1.54, 1.807) is 0 Å². The maximum atomic E-state index is 2.61. The summed E-state index contributed by atoms with van der Waals surface area (Å²) in [7, 11) is 0. The predicted molar refractivity (Wildman–Crippen MR) is 271 cm³/mol. The summed E-state index contributed by atoms with van der Waals surface area (Å²) in [6.45, 7) is 4.72. The molecule has 2 aromatic heterocycles. The molecule has 0 radical (unpaired) electrons. The molecule has 65 heavy (non-hydrogen) atoms. The van der Waals surface area contributed by atoms with Gasteiger partial charge in [0, 0.05) is 42.7 Å². The number of hydrogen-bond acceptors (Lipinski definition) is 0. The van der Waals surface area contributed by atoms with E-state index in [-0.39, 0.29) is 5.54 Å². The summed E-state index contributed by atoms with van der Waals surface area (Å²) < 4.78 is 5.02. The molecule has 0 saturated heterocycles. The average molecular weight is 833 g/mol. The van der Waals surface area contributed by atoms with Gasteiger partial charge >= 0.3 is 0 Å². The number of hydrogen-bond donors (Lipinski definition) is 0. The van der Waals surface area contributed by atoms with Crippen molar-refractivity contribution >= 4 is 32.3 Å². The molecule has 0 unspecified atom stereocenters. The van der Waals surface area contributed by atoms with E-state index in [1.165, 1.54) is 111 Å². The van der Waals surface area contributed by atoms with Gasteiger partial charge in [-0.15, -0.1) is 0 Å². The third-order valence-corrected chi connectivity index (χ3v) is 14.2. The molecule has 3 heterocycles. The number of pyridine rings is 2. The highest BCUT2D eigenvalue weighted by Gasteiger charge is 2.46. The highest BCUT2D eigenvalue weighted by atomic mass is 15.1. The molecule has 0 aliphatic carbocycles. The molecule has 0 bridgehead atoms. The van der Waals surface area contributed by atoms with Gasteiger partial charge in [0.1, 0.15) is 5.56 Å². The first-order chi connectivity index (χ1) is 32.1. The van der Waals surface area contributed by atoms with E-state index in [1.807, 2.05) is 0 Å². The van der Waals surface area contributed by atoms with Crippen LogP contribution in [-0.2, 0) is 5.54 Å². The maximum Gasteiger partial charge on any atom is 0.227 e. The van der Waals surface area contributed by atoms with Gasteiger partial charge in [0.05, 0.1) is 10.9 Å². The molecule has 9 aromatic carbocycles. The predicted octanol–water partition coefficient (Wildman–Crippen LogP) is 15.6. The lowest BCUT2D eigenvalue weighted by molar-refractivity contribution is -0.744. The Labute approximate surface area is 381 Å². The molecule has 2 nitrogen and oxygen atoms in total. The van der Waals surface area contributed by atoms with Crippen LogP contribution in [0.5, 0.6) is 0 Å². The summed E-state index contributed by atoms with van der Waals surface area (Å²) >= 11 is 0. The molecule has 0 spiro atoms. The Morgan fingerprint density at radius 1 is 0.354 bits per heavy atom. The Hall–Kier alpha value is -7.94. The molecule has 1 aliphatic heterocycles. The molecule has 1 aliphatic rings. The minimum atomic E-state index is -0.319. The first kappa shape index (κ1) is 38.7. The quantitative estimate of drug-likeness (QED) is 0.147. The summed E-state index contributed by atoms with van der Waals surface area (Å²) in [6, 6.07) is 81.2. The largest absolute Gasteiger partial charge is 0.227 e. The monoisotopic (exact) mass is 832 g/mol. The van der Waals surface area contributed by atoms with Crippen molar-refractivity contribution in [2.24, 2.45) is 0 Å². The first-order valence-corrected chi connectivity index (χ1v) is 23.0. The van der Waals surface area contributed by atoms with E-state index < -0.39 is 0 Å². The van der Waals surface area contributed by atoms with E-state index in [9.17, 15) is 0 Å². The molecule has 2 heteroatoms. The molecule has 0 atom stereocenters. The Balaban J connectivity index is 1.07. The van der Waals surface area contributed by atoms with Crippen molar-refractivity contribution in [2.75, 3.05) is 0 Å². The molecule has 0 amide bonds. The van der Waals surface area contributed by atoms with Crippen LogP contribution in [0.2, 0.25) is 0 Å².